The van der Waals surface area contributed by atoms with Crippen LogP contribution in [0.15, 0.2) is 22.7 Å². The van der Waals surface area contributed by atoms with Gasteiger partial charge in [-0.2, -0.15) is 0 Å². The number of hydrogen-bond acceptors (Lipinski definition) is 5. The second kappa shape index (κ2) is 13.8. The van der Waals surface area contributed by atoms with Crippen LogP contribution in [0.3, 0.4) is 0 Å². The Kier molecular flexibility index (Phi) is 12.8. The molecule has 7 nitrogen and oxygen atoms in total. The summed E-state index contributed by atoms with van der Waals surface area (Å²) in [5, 5.41) is 18.1. The third kappa shape index (κ3) is 11.9. The Morgan fingerprint density at radius 1 is 1.12 bits per heavy atom. The average molecular weight is 406 g/mol. The summed E-state index contributed by atoms with van der Waals surface area (Å²) in [6.07, 6.45) is 2.19. The SMILES string of the molecule is COCCNCCCCOc1ccc(Br)cc1C.O=C(O)C(=O)O. The molecule has 0 fully saturated rings. The van der Waals surface area contributed by atoms with Crippen LogP contribution < -0.4 is 10.1 Å². The molecule has 0 radical (unpaired) electrons. The first-order valence-corrected chi connectivity index (χ1v) is 8.22. The molecule has 1 rings (SSSR count). The lowest BCUT2D eigenvalue weighted by atomic mass is 10.2. The van der Waals surface area contributed by atoms with Gasteiger partial charge < -0.3 is 25.0 Å². The van der Waals surface area contributed by atoms with Crippen molar-refractivity contribution in [1.82, 2.24) is 5.32 Å². The minimum atomic E-state index is -1.82. The first-order valence-electron chi connectivity index (χ1n) is 7.43. The Morgan fingerprint density at radius 2 is 1.79 bits per heavy atom. The number of hydrogen-bond donors (Lipinski definition) is 3. The van der Waals surface area contributed by atoms with E-state index in [0.717, 1.165) is 49.4 Å². The normalized spacial score (nSPS) is 9.79. The molecular weight excluding hydrogens is 382 g/mol. The Morgan fingerprint density at radius 3 is 2.33 bits per heavy atom. The van der Waals surface area contributed by atoms with Crippen LogP contribution in [0.4, 0.5) is 0 Å². The molecule has 1 aromatic carbocycles. The minimum Gasteiger partial charge on any atom is -0.493 e. The van der Waals surface area contributed by atoms with Crippen LogP contribution in [0.1, 0.15) is 18.4 Å². The van der Waals surface area contributed by atoms with Crippen molar-refractivity contribution in [2.75, 3.05) is 33.4 Å². The summed E-state index contributed by atoms with van der Waals surface area (Å²) < 4.78 is 11.8. The lowest BCUT2D eigenvalue weighted by molar-refractivity contribution is -0.159. The van der Waals surface area contributed by atoms with Crippen molar-refractivity contribution < 1.29 is 29.3 Å². The Labute approximate surface area is 150 Å². The van der Waals surface area contributed by atoms with E-state index in [0.29, 0.717) is 0 Å². The van der Waals surface area contributed by atoms with Gasteiger partial charge in [-0.15, -0.1) is 0 Å². The second-order valence-corrected chi connectivity index (χ2v) is 5.73. The summed E-state index contributed by atoms with van der Waals surface area (Å²) in [4.78, 5) is 18.2. The summed E-state index contributed by atoms with van der Waals surface area (Å²) in [6.45, 7) is 5.55. The Bertz CT molecular complexity index is 497. The van der Waals surface area contributed by atoms with Crippen molar-refractivity contribution in [3.8, 4) is 5.75 Å². The van der Waals surface area contributed by atoms with E-state index in [1.165, 1.54) is 5.56 Å². The number of benzene rings is 1. The number of carboxylic acid groups (broad SMARTS) is 2. The number of carbonyl (C=O) groups is 2. The molecule has 136 valence electrons. The fraction of sp³-hybridized carbons (Fsp3) is 0.500. The number of rotatable bonds is 9. The molecule has 0 aliphatic carbocycles. The van der Waals surface area contributed by atoms with Gasteiger partial charge in [0.25, 0.3) is 0 Å². The third-order valence-corrected chi connectivity index (χ3v) is 3.30. The van der Waals surface area contributed by atoms with Gasteiger partial charge in [-0.05, 0) is 50.1 Å². The predicted molar refractivity (Wildman–Crippen MR) is 93.6 cm³/mol. The largest absolute Gasteiger partial charge is 0.493 e. The molecule has 1 aromatic rings. The number of methoxy groups -OCH3 is 1. The third-order valence-electron chi connectivity index (χ3n) is 2.81. The molecule has 0 aromatic heterocycles. The van der Waals surface area contributed by atoms with E-state index in [2.05, 4.69) is 34.2 Å². The van der Waals surface area contributed by atoms with Crippen LogP contribution >= 0.6 is 15.9 Å². The zero-order valence-electron chi connectivity index (χ0n) is 13.9. The van der Waals surface area contributed by atoms with Gasteiger partial charge in [0, 0.05) is 18.1 Å². The number of ether oxygens (including phenoxy) is 2. The number of carboxylic acids is 2. The zero-order chi connectivity index (χ0) is 18.4. The quantitative estimate of drug-likeness (QED) is 0.427. The lowest BCUT2D eigenvalue weighted by Gasteiger charge is -2.09. The lowest BCUT2D eigenvalue weighted by Crippen LogP contribution is -2.20. The van der Waals surface area contributed by atoms with Crippen LogP contribution in [-0.4, -0.2) is 55.6 Å². The van der Waals surface area contributed by atoms with Gasteiger partial charge in [0.15, 0.2) is 0 Å². The van der Waals surface area contributed by atoms with Crippen LogP contribution in [-0.2, 0) is 14.3 Å². The van der Waals surface area contributed by atoms with Gasteiger partial charge >= 0.3 is 11.9 Å². The molecule has 0 saturated carbocycles. The van der Waals surface area contributed by atoms with Crippen LogP contribution in [0.2, 0.25) is 0 Å². The summed E-state index contributed by atoms with van der Waals surface area (Å²) >= 11 is 3.45. The molecule has 8 heteroatoms. The van der Waals surface area contributed by atoms with Gasteiger partial charge in [0.2, 0.25) is 0 Å². The molecule has 24 heavy (non-hydrogen) atoms. The number of aliphatic carboxylic acids is 2. The number of nitrogens with one attached hydrogen (secondary N) is 1. The van der Waals surface area contributed by atoms with E-state index < -0.39 is 11.9 Å². The highest BCUT2D eigenvalue weighted by Gasteiger charge is 2.04. The monoisotopic (exact) mass is 405 g/mol. The van der Waals surface area contributed by atoms with E-state index in [9.17, 15) is 0 Å². The van der Waals surface area contributed by atoms with Crippen molar-refractivity contribution in [3.63, 3.8) is 0 Å². The first kappa shape index (κ1) is 22.4. The van der Waals surface area contributed by atoms with Crippen LogP contribution in [0.5, 0.6) is 5.75 Å². The average Bonchev–Trinajstić information content (AvgIpc) is 2.52. The topological polar surface area (TPSA) is 105 Å². The highest BCUT2D eigenvalue weighted by Crippen LogP contribution is 2.22. The number of halogens is 1. The summed E-state index contributed by atoms with van der Waals surface area (Å²) in [7, 11) is 1.72. The van der Waals surface area contributed by atoms with E-state index in [-0.39, 0.29) is 0 Å². The van der Waals surface area contributed by atoms with Gasteiger partial charge in [0.1, 0.15) is 5.75 Å². The van der Waals surface area contributed by atoms with Crippen molar-refractivity contribution in [1.29, 1.82) is 0 Å². The van der Waals surface area contributed by atoms with Crippen molar-refractivity contribution >= 4 is 27.9 Å². The Hall–Kier alpha value is -1.64. The Balaban J connectivity index is 0.000000754. The standard InChI is InChI=1S/C14H22BrNO2.C2H2O4/c1-12-11-13(15)5-6-14(12)18-9-4-3-7-16-8-10-17-2;3-1(4)2(5)6/h5-6,11,16H,3-4,7-10H2,1-2H3;(H,3,4)(H,5,6). The molecule has 0 saturated heterocycles. The maximum Gasteiger partial charge on any atom is 0.414 e. The summed E-state index contributed by atoms with van der Waals surface area (Å²) in [5.41, 5.74) is 1.17. The fourth-order valence-corrected chi connectivity index (χ4v) is 2.08. The number of aryl methyl sites for hydroxylation is 1. The van der Waals surface area contributed by atoms with Crippen molar-refractivity contribution in [2.24, 2.45) is 0 Å². The molecule has 0 spiro atoms. The highest BCUT2D eigenvalue weighted by atomic mass is 79.9. The maximum absolute atomic E-state index is 9.10. The van der Waals surface area contributed by atoms with Crippen molar-refractivity contribution in [3.05, 3.63) is 28.2 Å². The molecule has 0 bridgehead atoms. The van der Waals surface area contributed by atoms with Crippen LogP contribution in [0, 0.1) is 6.92 Å². The molecule has 0 atom stereocenters. The first-order chi connectivity index (χ1) is 11.4. The molecule has 0 heterocycles. The van der Waals surface area contributed by atoms with Gasteiger partial charge in [-0.3, -0.25) is 0 Å². The van der Waals surface area contributed by atoms with Crippen molar-refractivity contribution in [2.45, 2.75) is 19.8 Å². The molecule has 0 unspecified atom stereocenters. The van der Waals surface area contributed by atoms with Gasteiger partial charge in [-0.1, -0.05) is 15.9 Å². The second-order valence-electron chi connectivity index (χ2n) is 4.82. The minimum absolute atomic E-state index is 0.772. The van der Waals surface area contributed by atoms with E-state index in [1.807, 2.05) is 12.1 Å². The smallest absolute Gasteiger partial charge is 0.414 e. The highest BCUT2D eigenvalue weighted by molar-refractivity contribution is 9.10. The van der Waals surface area contributed by atoms with E-state index in [1.54, 1.807) is 7.11 Å². The molecule has 0 aliphatic rings. The molecule has 3 N–H and O–H groups in total. The van der Waals surface area contributed by atoms with Crippen LogP contribution in [0.25, 0.3) is 0 Å². The van der Waals surface area contributed by atoms with E-state index >= 15 is 0 Å². The summed E-state index contributed by atoms with van der Waals surface area (Å²) in [6, 6.07) is 6.09. The van der Waals surface area contributed by atoms with Gasteiger partial charge in [-0.25, -0.2) is 9.59 Å². The van der Waals surface area contributed by atoms with E-state index in [4.69, 9.17) is 29.3 Å². The molecule has 0 amide bonds. The predicted octanol–water partition coefficient (Wildman–Crippen LogP) is 2.31. The summed E-state index contributed by atoms with van der Waals surface area (Å²) in [5.74, 6) is -2.67. The number of unbranched alkanes of at least 4 members (excludes halogenated alkanes) is 1. The zero-order valence-corrected chi connectivity index (χ0v) is 15.5. The van der Waals surface area contributed by atoms with Gasteiger partial charge in [0.05, 0.1) is 13.2 Å². The fourth-order valence-electron chi connectivity index (χ4n) is 1.61. The maximum atomic E-state index is 9.10. The molecular formula is C16H24BrNO6. The molecule has 0 aliphatic heterocycles.